The molecule has 0 unspecified atom stereocenters. The van der Waals surface area contributed by atoms with Crippen LogP contribution in [0.4, 0.5) is 5.69 Å². The number of fused-ring (bicyclic) bond motifs is 1. The van der Waals surface area contributed by atoms with Gasteiger partial charge in [0, 0.05) is 16.8 Å². The summed E-state index contributed by atoms with van der Waals surface area (Å²) in [5, 5.41) is 12.9. The highest BCUT2D eigenvalue weighted by atomic mass is 16.5. The van der Waals surface area contributed by atoms with Gasteiger partial charge in [0.05, 0.1) is 11.6 Å². The van der Waals surface area contributed by atoms with Crippen LogP contribution in [0, 0.1) is 6.92 Å². The second kappa shape index (κ2) is 6.74. The monoisotopic (exact) mass is 374 g/mol. The van der Waals surface area contributed by atoms with Crippen LogP contribution in [0.15, 0.2) is 40.9 Å². The molecule has 7 nitrogen and oxygen atoms in total. The Labute approximate surface area is 162 Å². The zero-order chi connectivity index (χ0) is 19.1. The van der Waals surface area contributed by atoms with Gasteiger partial charge in [-0.25, -0.2) is 4.68 Å². The van der Waals surface area contributed by atoms with E-state index in [2.05, 4.69) is 25.1 Å². The number of hydrogen-bond acceptors (Lipinski definition) is 6. The Morgan fingerprint density at radius 2 is 1.89 bits per heavy atom. The summed E-state index contributed by atoms with van der Waals surface area (Å²) in [5.41, 5.74) is 11.3. The standard InChI is InChI=1S/C21H22N6O/c1-13-9-15(11-16(22)10-13)20-23-21(28-25-20)14-7-8-19-18(12-14)24-26-27(19)17-5-3-2-4-6-17/h7-12,17H,2-6,22H2,1H3. The third-order valence-electron chi connectivity index (χ3n) is 5.42. The zero-order valence-electron chi connectivity index (χ0n) is 15.8. The van der Waals surface area contributed by atoms with Crippen LogP contribution in [-0.2, 0) is 0 Å². The highest BCUT2D eigenvalue weighted by molar-refractivity contribution is 5.80. The Morgan fingerprint density at radius 3 is 2.71 bits per heavy atom. The number of rotatable bonds is 3. The van der Waals surface area contributed by atoms with Crippen molar-refractivity contribution in [2.45, 2.75) is 45.1 Å². The molecule has 28 heavy (non-hydrogen) atoms. The molecule has 0 aliphatic heterocycles. The molecule has 4 aromatic rings. The van der Waals surface area contributed by atoms with Crippen LogP contribution in [0.2, 0.25) is 0 Å². The number of aryl methyl sites for hydroxylation is 1. The summed E-state index contributed by atoms with van der Waals surface area (Å²) in [6.07, 6.45) is 6.19. The molecular weight excluding hydrogens is 352 g/mol. The van der Waals surface area contributed by atoms with Crippen molar-refractivity contribution < 1.29 is 4.52 Å². The fourth-order valence-electron chi connectivity index (χ4n) is 4.07. The van der Waals surface area contributed by atoms with Gasteiger partial charge in [-0.05, 0) is 61.7 Å². The molecule has 1 saturated carbocycles. The van der Waals surface area contributed by atoms with E-state index in [0.717, 1.165) is 27.7 Å². The fourth-order valence-corrected chi connectivity index (χ4v) is 4.07. The summed E-state index contributed by atoms with van der Waals surface area (Å²) < 4.78 is 7.58. The Morgan fingerprint density at radius 1 is 1.04 bits per heavy atom. The predicted octanol–water partition coefficient (Wildman–Crippen LogP) is 4.54. The van der Waals surface area contributed by atoms with Crippen LogP contribution in [0.25, 0.3) is 33.9 Å². The molecular formula is C21H22N6O. The van der Waals surface area contributed by atoms with Gasteiger partial charge in [0.15, 0.2) is 0 Å². The number of nitrogens with zero attached hydrogens (tertiary/aromatic N) is 5. The van der Waals surface area contributed by atoms with Gasteiger partial charge in [-0.2, -0.15) is 4.98 Å². The minimum absolute atomic E-state index is 0.450. The normalized spacial score (nSPS) is 15.3. The number of nitrogens with two attached hydrogens (primary N) is 1. The number of hydrogen-bond donors (Lipinski definition) is 1. The third kappa shape index (κ3) is 3.02. The number of benzene rings is 2. The number of aromatic nitrogens is 5. The van der Waals surface area contributed by atoms with Crippen LogP contribution < -0.4 is 5.73 Å². The smallest absolute Gasteiger partial charge is 0.258 e. The summed E-state index contributed by atoms with van der Waals surface area (Å²) in [6, 6.07) is 12.2. The molecule has 2 aromatic carbocycles. The molecule has 2 aromatic heterocycles. The summed E-state index contributed by atoms with van der Waals surface area (Å²) >= 11 is 0. The first kappa shape index (κ1) is 16.9. The molecule has 2 N–H and O–H groups in total. The van der Waals surface area contributed by atoms with Crippen molar-refractivity contribution in [3.8, 4) is 22.8 Å². The summed E-state index contributed by atoms with van der Waals surface area (Å²) in [7, 11) is 0. The van der Waals surface area contributed by atoms with Crippen molar-refractivity contribution in [2.75, 3.05) is 5.73 Å². The zero-order valence-corrected chi connectivity index (χ0v) is 15.8. The van der Waals surface area contributed by atoms with Crippen LogP contribution in [-0.4, -0.2) is 25.1 Å². The summed E-state index contributed by atoms with van der Waals surface area (Å²) in [5.74, 6) is 0.987. The maximum Gasteiger partial charge on any atom is 0.258 e. The Hall–Kier alpha value is -3.22. The molecule has 0 radical (unpaired) electrons. The first-order chi connectivity index (χ1) is 13.7. The average Bonchev–Trinajstić information content (AvgIpc) is 3.35. The van der Waals surface area contributed by atoms with E-state index in [0.29, 0.717) is 23.4 Å². The van der Waals surface area contributed by atoms with Crippen LogP contribution in [0.3, 0.4) is 0 Å². The van der Waals surface area contributed by atoms with Gasteiger partial charge in [-0.15, -0.1) is 5.10 Å². The van der Waals surface area contributed by atoms with Crippen molar-refractivity contribution in [1.82, 2.24) is 25.1 Å². The highest BCUT2D eigenvalue weighted by Gasteiger charge is 2.19. The van der Waals surface area contributed by atoms with E-state index in [1.54, 1.807) is 0 Å². The largest absolute Gasteiger partial charge is 0.399 e. The lowest BCUT2D eigenvalue weighted by Gasteiger charge is -2.21. The van der Waals surface area contributed by atoms with Crippen molar-refractivity contribution >= 4 is 16.7 Å². The average molecular weight is 374 g/mol. The molecule has 0 atom stereocenters. The molecule has 2 heterocycles. The molecule has 1 fully saturated rings. The lowest BCUT2D eigenvalue weighted by molar-refractivity contribution is 0.331. The van der Waals surface area contributed by atoms with Crippen LogP contribution >= 0.6 is 0 Å². The molecule has 7 heteroatoms. The van der Waals surface area contributed by atoms with Gasteiger partial charge in [-0.1, -0.05) is 29.6 Å². The van der Waals surface area contributed by atoms with Crippen molar-refractivity contribution in [3.63, 3.8) is 0 Å². The molecule has 0 saturated heterocycles. The SMILES string of the molecule is Cc1cc(N)cc(-c2noc(-c3ccc4c(c3)nnn4C3CCCCC3)n2)c1. The second-order valence-corrected chi connectivity index (χ2v) is 7.58. The maximum absolute atomic E-state index is 5.94. The number of anilines is 1. The van der Waals surface area contributed by atoms with Gasteiger partial charge in [-0.3, -0.25) is 0 Å². The lowest BCUT2D eigenvalue weighted by atomic mass is 9.95. The van der Waals surface area contributed by atoms with Gasteiger partial charge < -0.3 is 10.3 Å². The molecule has 0 spiro atoms. The molecule has 5 rings (SSSR count). The van der Waals surface area contributed by atoms with Crippen molar-refractivity contribution in [3.05, 3.63) is 42.0 Å². The minimum atomic E-state index is 0.450. The van der Waals surface area contributed by atoms with Gasteiger partial charge in [0.2, 0.25) is 5.82 Å². The van der Waals surface area contributed by atoms with Crippen molar-refractivity contribution in [2.24, 2.45) is 0 Å². The van der Waals surface area contributed by atoms with Gasteiger partial charge in [0.25, 0.3) is 5.89 Å². The molecule has 0 amide bonds. The Balaban J connectivity index is 1.47. The summed E-state index contributed by atoms with van der Waals surface area (Å²) in [4.78, 5) is 4.55. The first-order valence-electron chi connectivity index (χ1n) is 9.74. The second-order valence-electron chi connectivity index (χ2n) is 7.58. The highest BCUT2D eigenvalue weighted by Crippen LogP contribution is 2.31. The van der Waals surface area contributed by atoms with E-state index in [4.69, 9.17) is 10.3 Å². The van der Waals surface area contributed by atoms with E-state index in [1.165, 1.54) is 32.1 Å². The molecule has 1 aliphatic carbocycles. The maximum atomic E-state index is 5.94. The van der Waals surface area contributed by atoms with E-state index in [-0.39, 0.29) is 0 Å². The van der Waals surface area contributed by atoms with E-state index in [9.17, 15) is 0 Å². The van der Waals surface area contributed by atoms with Gasteiger partial charge in [0.1, 0.15) is 5.52 Å². The first-order valence-corrected chi connectivity index (χ1v) is 9.74. The molecule has 142 valence electrons. The van der Waals surface area contributed by atoms with Crippen molar-refractivity contribution in [1.29, 1.82) is 0 Å². The van der Waals surface area contributed by atoms with Gasteiger partial charge >= 0.3 is 0 Å². The topological polar surface area (TPSA) is 95.6 Å². The quantitative estimate of drug-likeness (QED) is 0.529. The molecule has 1 aliphatic rings. The lowest BCUT2D eigenvalue weighted by Crippen LogP contribution is -2.14. The van der Waals surface area contributed by atoms with E-state index < -0.39 is 0 Å². The van der Waals surface area contributed by atoms with E-state index in [1.807, 2.05) is 43.3 Å². The predicted molar refractivity (Wildman–Crippen MR) is 108 cm³/mol. The number of nitrogen functional groups attached to an aromatic ring is 1. The Bertz CT molecular complexity index is 1120. The minimum Gasteiger partial charge on any atom is -0.399 e. The Kier molecular flexibility index (Phi) is 4.07. The summed E-state index contributed by atoms with van der Waals surface area (Å²) in [6.45, 7) is 1.99. The fraction of sp³-hybridized carbons (Fsp3) is 0.333. The van der Waals surface area contributed by atoms with Crippen LogP contribution in [0.1, 0.15) is 43.7 Å². The van der Waals surface area contributed by atoms with E-state index >= 15 is 0 Å². The molecule has 0 bridgehead atoms. The van der Waals surface area contributed by atoms with Crippen LogP contribution in [0.5, 0.6) is 0 Å². The third-order valence-corrected chi connectivity index (χ3v) is 5.42.